The van der Waals surface area contributed by atoms with E-state index in [1.54, 1.807) is 6.33 Å². The molecule has 64 valence electrons. The first-order valence-electron chi connectivity index (χ1n) is 3.87. The summed E-state index contributed by atoms with van der Waals surface area (Å²) in [6.45, 7) is 0. The highest BCUT2D eigenvalue weighted by molar-refractivity contribution is 9.24. The van der Waals surface area contributed by atoms with Gasteiger partial charge in [0.2, 0.25) is 0 Å². The highest BCUT2D eigenvalue weighted by Crippen LogP contribution is 2.46. The first kappa shape index (κ1) is 8.63. The second-order valence-electron chi connectivity index (χ2n) is 2.94. The first-order chi connectivity index (χ1) is 5.70. The zero-order chi connectivity index (χ0) is 8.60. The molecule has 1 aromatic rings. The number of fused-ring (bicyclic) bond motifs is 1. The Morgan fingerprint density at radius 2 is 2.25 bits per heavy atom. The minimum Gasteiger partial charge on any atom is -0.244 e. The molecule has 1 aliphatic rings. The van der Waals surface area contributed by atoms with Gasteiger partial charge in [-0.25, -0.2) is 9.97 Å². The van der Waals surface area contributed by atoms with Crippen molar-refractivity contribution in [1.29, 1.82) is 0 Å². The summed E-state index contributed by atoms with van der Waals surface area (Å²) in [4.78, 5) is 8.27. The largest absolute Gasteiger partial charge is 0.244 e. The second kappa shape index (κ2) is 3.07. The lowest BCUT2D eigenvalue weighted by Crippen LogP contribution is -2.18. The monoisotopic (exact) mass is 290 g/mol. The Kier molecular flexibility index (Phi) is 2.21. The van der Waals surface area contributed by atoms with Gasteiger partial charge in [-0.1, -0.05) is 31.9 Å². The molecule has 1 heterocycles. The van der Waals surface area contributed by atoms with Gasteiger partial charge in [-0.05, 0) is 19.3 Å². The van der Waals surface area contributed by atoms with Gasteiger partial charge in [0.1, 0.15) is 9.56 Å². The van der Waals surface area contributed by atoms with Crippen LogP contribution >= 0.6 is 31.9 Å². The maximum atomic E-state index is 4.24. The van der Waals surface area contributed by atoms with E-state index in [-0.39, 0.29) is 3.23 Å². The number of aryl methyl sites for hydroxylation is 1. The normalized spacial score (nSPS) is 20.2. The van der Waals surface area contributed by atoms with Crippen molar-refractivity contribution in [2.24, 2.45) is 0 Å². The van der Waals surface area contributed by atoms with E-state index in [2.05, 4.69) is 41.8 Å². The molecule has 12 heavy (non-hydrogen) atoms. The van der Waals surface area contributed by atoms with Crippen LogP contribution in [0.4, 0.5) is 0 Å². The van der Waals surface area contributed by atoms with Gasteiger partial charge in [0, 0.05) is 17.5 Å². The van der Waals surface area contributed by atoms with E-state index in [9.17, 15) is 0 Å². The van der Waals surface area contributed by atoms with Crippen LogP contribution in [0.1, 0.15) is 24.1 Å². The van der Waals surface area contributed by atoms with E-state index in [4.69, 9.17) is 0 Å². The summed E-state index contributed by atoms with van der Waals surface area (Å²) in [5.74, 6) is 0. The van der Waals surface area contributed by atoms with E-state index in [1.165, 1.54) is 12.0 Å². The van der Waals surface area contributed by atoms with Crippen molar-refractivity contribution >= 4 is 31.9 Å². The number of nitrogens with zero attached hydrogens (tertiary/aromatic N) is 2. The predicted molar refractivity (Wildman–Crippen MR) is 54.5 cm³/mol. The van der Waals surface area contributed by atoms with Crippen molar-refractivity contribution in [1.82, 2.24) is 9.97 Å². The van der Waals surface area contributed by atoms with E-state index in [0.29, 0.717) is 0 Å². The van der Waals surface area contributed by atoms with Gasteiger partial charge in [-0.2, -0.15) is 0 Å². The Balaban J connectivity index is 2.52. The first-order valence-corrected chi connectivity index (χ1v) is 5.46. The number of alkyl halides is 2. The maximum absolute atomic E-state index is 4.24. The van der Waals surface area contributed by atoms with Crippen molar-refractivity contribution in [3.8, 4) is 0 Å². The maximum Gasteiger partial charge on any atom is 0.115 e. The molecule has 0 saturated heterocycles. The van der Waals surface area contributed by atoms with Crippen LogP contribution in [0.2, 0.25) is 0 Å². The van der Waals surface area contributed by atoms with Crippen molar-refractivity contribution < 1.29 is 0 Å². The minimum absolute atomic E-state index is 0.0884. The molecule has 2 nitrogen and oxygen atoms in total. The molecule has 0 N–H and O–H groups in total. The SMILES string of the molecule is BrC1(Br)CCCc2ncncc21. The van der Waals surface area contributed by atoms with Crippen LogP contribution in [0.25, 0.3) is 0 Å². The molecule has 0 bridgehead atoms. The van der Waals surface area contributed by atoms with E-state index in [1.807, 2.05) is 6.20 Å². The number of hydrogen-bond donors (Lipinski definition) is 0. The smallest absolute Gasteiger partial charge is 0.115 e. The van der Waals surface area contributed by atoms with Crippen LogP contribution in [-0.2, 0) is 9.65 Å². The van der Waals surface area contributed by atoms with Crippen LogP contribution < -0.4 is 0 Å². The molecule has 0 aromatic carbocycles. The molecule has 2 rings (SSSR count). The van der Waals surface area contributed by atoms with E-state index in [0.717, 1.165) is 18.5 Å². The van der Waals surface area contributed by atoms with Crippen LogP contribution in [0, 0.1) is 0 Å². The third kappa shape index (κ3) is 1.42. The lowest BCUT2D eigenvalue weighted by atomic mass is 9.97. The van der Waals surface area contributed by atoms with E-state index >= 15 is 0 Å². The minimum atomic E-state index is -0.0884. The lowest BCUT2D eigenvalue weighted by molar-refractivity contribution is 0.635. The number of rotatable bonds is 0. The molecule has 1 aromatic heterocycles. The van der Waals surface area contributed by atoms with Gasteiger partial charge in [0.25, 0.3) is 0 Å². The highest BCUT2D eigenvalue weighted by Gasteiger charge is 2.31. The molecule has 0 saturated carbocycles. The van der Waals surface area contributed by atoms with Gasteiger partial charge in [-0.15, -0.1) is 0 Å². The Morgan fingerprint density at radius 3 is 3.00 bits per heavy atom. The van der Waals surface area contributed by atoms with Crippen LogP contribution in [0.3, 0.4) is 0 Å². The summed E-state index contributed by atoms with van der Waals surface area (Å²) in [6.07, 6.45) is 6.82. The standard InChI is InChI=1S/C8H8Br2N2/c9-8(10)3-1-2-7-6(8)4-11-5-12-7/h4-5H,1-3H2. The molecule has 0 aliphatic heterocycles. The number of hydrogen-bond acceptors (Lipinski definition) is 2. The van der Waals surface area contributed by atoms with Gasteiger partial charge in [0.05, 0.1) is 0 Å². The highest BCUT2D eigenvalue weighted by atomic mass is 79.9. The quantitative estimate of drug-likeness (QED) is 0.687. The Labute approximate surface area is 88.1 Å². The zero-order valence-corrected chi connectivity index (χ0v) is 9.60. The van der Waals surface area contributed by atoms with Crippen molar-refractivity contribution in [3.05, 3.63) is 23.8 Å². The summed E-state index contributed by atoms with van der Waals surface area (Å²) in [5, 5.41) is 0. The molecular weight excluding hydrogens is 284 g/mol. The predicted octanol–water partition coefficient (Wildman–Crippen LogP) is 2.76. The van der Waals surface area contributed by atoms with Crippen molar-refractivity contribution in [2.75, 3.05) is 0 Å². The molecule has 1 aliphatic carbocycles. The van der Waals surface area contributed by atoms with E-state index < -0.39 is 0 Å². The Morgan fingerprint density at radius 1 is 1.42 bits per heavy atom. The molecule has 0 fully saturated rings. The summed E-state index contributed by atoms with van der Waals surface area (Å²) >= 11 is 7.26. The van der Waals surface area contributed by atoms with Gasteiger partial charge in [0.15, 0.2) is 0 Å². The fourth-order valence-corrected chi connectivity index (χ4v) is 2.70. The Hall–Kier alpha value is 0.0400. The fraction of sp³-hybridized carbons (Fsp3) is 0.500. The molecule has 0 amide bonds. The summed E-state index contributed by atoms with van der Waals surface area (Å²) in [5.41, 5.74) is 2.33. The third-order valence-electron chi connectivity index (χ3n) is 2.09. The average Bonchev–Trinajstić information content (AvgIpc) is 2.04. The molecule has 0 radical (unpaired) electrons. The zero-order valence-electron chi connectivity index (χ0n) is 6.43. The average molecular weight is 292 g/mol. The van der Waals surface area contributed by atoms with Gasteiger partial charge < -0.3 is 0 Å². The topological polar surface area (TPSA) is 25.8 Å². The Bertz CT molecular complexity index is 299. The van der Waals surface area contributed by atoms with Crippen molar-refractivity contribution in [2.45, 2.75) is 22.5 Å². The number of aromatic nitrogens is 2. The fourth-order valence-electron chi connectivity index (χ4n) is 1.47. The van der Waals surface area contributed by atoms with Crippen molar-refractivity contribution in [3.63, 3.8) is 0 Å². The molecule has 0 unspecified atom stereocenters. The van der Waals surface area contributed by atoms with Crippen LogP contribution in [0.5, 0.6) is 0 Å². The molecular formula is C8H8Br2N2. The summed E-state index contributed by atoms with van der Waals surface area (Å²) in [7, 11) is 0. The summed E-state index contributed by atoms with van der Waals surface area (Å²) < 4.78 is -0.0884. The lowest BCUT2D eigenvalue weighted by Gasteiger charge is -2.26. The van der Waals surface area contributed by atoms with Gasteiger partial charge in [-0.3, -0.25) is 0 Å². The van der Waals surface area contributed by atoms with Crippen LogP contribution in [-0.4, -0.2) is 9.97 Å². The molecule has 0 atom stereocenters. The molecule has 4 heteroatoms. The number of halogens is 2. The second-order valence-corrected chi connectivity index (χ2v) is 6.71. The van der Waals surface area contributed by atoms with Crippen LogP contribution in [0.15, 0.2) is 12.5 Å². The van der Waals surface area contributed by atoms with Gasteiger partial charge >= 0.3 is 0 Å². The third-order valence-corrected chi connectivity index (χ3v) is 3.74. The summed E-state index contributed by atoms with van der Waals surface area (Å²) in [6, 6.07) is 0. The molecule has 0 spiro atoms.